The Hall–Kier alpha value is -2.61. The van der Waals surface area contributed by atoms with Gasteiger partial charge in [-0.25, -0.2) is 9.78 Å². The van der Waals surface area contributed by atoms with Gasteiger partial charge in [-0.1, -0.05) is 17.7 Å². The fourth-order valence-electron chi connectivity index (χ4n) is 2.42. The van der Waals surface area contributed by atoms with Gasteiger partial charge in [0.05, 0.1) is 12.0 Å². The number of aromatic nitrogens is 2. The van der Waals surface area contributed by atoms with E-state index >= 15 is 0 Å². The summed E-state index contributed by atoms with van der Waals surface area (Å²) in [5.74, 6) is -0.655. The number of amides is 1. The first-order chi connectivity index (χ1) is 11.4. The third kappa shape index (κ3) is 3.48. The number of Topliss-reactive ketones (excluding diaryl/α,β-unsaturated/α-hetero) is 1. The normalized spacial score (nSPS) is 16.2. The number of hydrogen-bond acceptors (Lipinski definition) is 7. The first-order valence-corrected chi connectivity index (χ1v) is 8.13. The molecule has 0 radical (unpaired) electrons. The van der Waals surface area contributed by atoms with Crippen molar-refractivity contribution < 1.29 is 19.1 Å². The van der Waals surface area contributed by atoms with Gasteiger partial charge in [-0.05, 0) is 25.5 Å². The minimum absolute atomic E-state index is 0.0567. The van der Waals surface area contributed by atoms with E-state index in [4.69, 9.17) is 4.74 Å². The summed E-state index contributed by atoms with van der Waals surface area (Å²) in [6, 6.07) is 5.48. The lowest BCUT2D eigenvalue weighted by molar-refractivity contribution is -0.125. The van der Waals surface area contributed by atoms with Crippen LogP contribution in [0, 0.1) is 6.92 Å². The van der Waals surface area contributed by atoms with E-state index in [0.717, 1.165) is 22.7 Å². The molecule has 8 heteroatoms. The van der Waals surface area contributed by atoms with Gasteiger partial charge < -0.3 is 4.74 Å². The molecule has 0 bridgehead atoms. The molecule has 0 unspecified atom stereocenters. The van der Waals surface area contributed by atoms with E-state index in [1.165, 1.54) is 6.92 Å². The van der Waals surface area contributed by atoms with E-state index in [1.54, 1.807) is 6.07 Å². The molecule has 2 heterocycles. The largest absolute Gasteiger partial charge is 0.448 e. The summed E-state index contributed by atoms with van der Waals surface area (Å²) in [4.78, 5) is 39.5. The van der Waals surface area contributed by atoms with Crippen LogP contribution in [-0.4, -0.2) is 33.1 Å². The van der Waals surface area contributed by atoms with E-state index in [0.29, 0.717) is 17.8 Å². The summed E-state index contributed by atoms with van der Waals surface area (Å²) in [6.07, 6.45) is -0.475. The van der Waals surface area contributed by atoms with Crippen LogP contribution in [0.15, 0.2) is 18.2 Å². The summed E-state index contributed by atoms with van der Waals surface area (Å²) in [5.41, 5.74) is 2.24. The molecule has 7 nitrogen and oxygen atoms in total. The first kappa shape index (κ1) is 16.3. The predicted octanol–water partition coefficient (Wildman–Crippen LogP) is 1.70. The van der Waals surface area contributed by atoms with Gasteiger partial charge in [0.25, 0.3) is 5.91 Å². The molecule has 0 saturated carbocycles. The molecule has 3 rings (SSSR count). The van der Waals surface area contributed by atoms with Crippen molar-refractivity contribution in [1.82, 2.24) is 9.36 Å². The molecule has 1 aromatic carbocycles. The lowest BCUT2D eigenvalue weighted by Gasteiger charge is -2.23. The van der Waals surface area contributed by atoms with Gasteiger partial charge in [-0.15, -0.1) is 0 Å². The number of ketones is 1. The van der Waals surface area contributed by atoms with Crippen molar-refractivity contribution in [2.45, 2.75) is 32.8 Å². The lowest BCUT2D eigenvalue weighted by Crippen LogP contribution is -2.38. The number of ether oxygens (including phenoxy) is 1. The predicted molar refractivity (Wildman–Crippen MR) is 87.0 cm³/mol. The first-order valence-electron chi connectivity index (χ1n) is 7.36. The number of rotatable bonds is 4. The molecule has 1 aromatic heterocycles. The Kier molecular flexibility index (Phi) is 4.39. The fourth-order valence-corrected chi connectivity index (χ4v) is 3.01. The van der Waals surface area contributed by atoms with Gasteiger partial charge in [-0.3, -0.25) is 14.9 Å². The molecule has 2 aromatic rings. The number of nitrogens with one attached hydrogen (secondary N) is 1. The number of benzene rings is 1. The Morgan fingerprint density at radius 2 is 2.21 bits per heavy atom. The molecule has 0 spiro atoms. The van der Waals surface area contributed by atoms with Crippen LogP contribution >= 0.6 is 11.5 Å². The number of hydrogen-bond donors (Lipinski definition) is 1. The maximum atomic E-state index is 12.3. The van der Waals surface area contributed by atoms with Gasteiger partial charge in [0.1, 0.15) is 5.78 Å². The number of nitrogens with zero attached hydrogens (tertiary/aromatic N) is 2. The molecular weight excluding hydrogens is 330 g/mol. The average molecular weight is 345 g/mol. The summed E-state index contributed by atoms with van der Waals surface area (Å²) in [6.45, 7) is 3.33. The summed E-state index contributed by atoms with van der Waals surface area (Å²) in [5, 5.41) is 2.87. The molecular formula is C16H15N3O4S. The van der Waals surface area contributed by atoms with Crippen LogP contribution in [0.2, 0.25) is 0 Å². The molecule has 1 N–H and O–H groups in total. The fraction of sp³-hybridized carbons (Fsp3) is 0.312. The van der Waals surface area contributed by atoms with Crippen LogP contribution in [0.25, 0.3) is 0 Å². The highest BCUT2D eigenvalue weighted by Crippen LogP contribution is 2.23. The molecule has 0 saturated heterocycles. The molecule has 24 heavy (non-hydrogen) atoms. The van der Waals surface area contributed by atoms with Crippen LogP contribution in [-0.2, 0) is 27.2 Å². The third-order valence-electron chi connectivity index (χ3n) is 3.54. The average Bonchev–Trinajstić information content (AvgIpc) is 2.94. The molecule has 1 atom stereocenters. The van der Waals surface area contributed by atoms with Gasteiger partial charge >= 0.3 is 5.97 Å². The maximum absolute atomic E-state index is 12.3. The summed E-state index contributed by atoms with van der Waals surface area (Å²) >= 11 is 0.986. The monoisotopic (exact) mass is 345 g/mol. The highest BCUT2D eigenvalue weighted by molar-refractivity contribution is 7.09. The Balaban J connectivity index is 1.70. The second-order valence-electron chi connectivity index (χ2n) is 5.64. The maximum Gasteiger partial charge on any atom is 0.339 e. The minimum Gasteiger partial charge on any atom is -0.448 e. The molecule has 1 amide bonds. The van der Waals surface area contributed by atoms with Crippen LogP contribution in [0.4, 0.5) is 5.13 Å². The van der Waals surface area contributed by atoms with Crippen LogP contribution in [0.5, 0.6) is 0 Å². The van der Waals surface area contributed by atoms with E-state index in [-0.39, 0.29) is 17.3 Å². The molecule has 1 aliphatic rings. The van der Waals surface area contributed by atoms with E-state index in [9.17, 15) is 14.4 Å². The highest BCUT2D eigenvalue weighted by Gasteiger charge is 2.31. The molecule has 0 fully saturated rings. The number of carbonyl (C=O) groups excluding carboxylic acids is 3. The van der Waals surface area contributed by atoms with Gasteiger partial charge in [-0.2, -0.15) is 4.37 Å². The number of anilines is 1. The minimum atomic E-state index is -0.909. The molecule has 1 aliphatic heterocycles. The Morgan fingerprint density at radius 1 is 1.42 bits per heavy atom. The molecule has 0 aliphatic carbocycles. The Labute approximate surface area is 142 Å². The summed E-state index contributed by atoms with van der Waals surface area (Å²) < 4.78 is 9.23. The standard InChI is InChI=1S/C16H15N3O4S/c1-8-3-4-10-7-12(23-15(22)11(10)5-8)14(21)18-16-17-13(19-24-16)6-9(2)20/h3-5,12H,6-7H2,1-2H3,(H,17,18,19,21)/t12-/m1/s1. The van der Waals surface area contributed by atoms with E-state index < -0.39 is 18.0 Å². The quantitative estimate of drug-likeness (QED) is 0.847. The van der Waals surface area contributed by atoms with Gasteiger partial charge in [0.15, 0.2) is 11.9 Å². The molecule has 124 valence electrons. The number of cyclic esters (lactones) is 1. The Morgan fingerprint density at radius 3 is 2.96 bits per heavy atom. The second kappa shape index (κ2) is 6.48. The number of esters is 1. The van der Waals surface area contributed by atoms with Crippen molar-refractivity contribution in [3.8, 4) is 0 Å². The van der Waals surface area contributed by atoms with Crippen molar-refractivity contribution in [3.63, 3.8) is 0 Å². The summed E-state index contributed by atoms with van der Waals surface area (Å²) in [7, 11) is 0. The van der Waals surface area contributed by atoms with Crippen molar-refractivity contribution in [3.05, 3.63) is 40.7 Å². The third-order valence-corrected chi connectivity index (χ3v) is 4.21. The van der Waals surface area contributed by atoms with Crippen LogP contribution < -0.4 is 5.32 Å². The zero-order valence-corrected chi connectivity index (χ0v) is 14.0. The van der Waals surface area contributed by atoms with Crippen LogP contribution in [0.1, 0.15) is 34.2 Å². The topological polar surface area (TPSA) is 98.2 Å². The van der Waals surface area contributed by atoms with Crippen molar-refractivity contribution in [2.75, 3.05) is 5.32 Å². The lowest BCUT2D eigenvalue weighted by atomic mass is 9.96. The number of aryl methyl sites for hydroxylation is 1. The smallest absolute Gasteiger partial charge is 0.339 e. The Bertz CT molecular complexity index is 830. The number of fused-ring (bicyclic) bond motifs is 1. The van der Waals surface area contributed by atoms with Gasteiger partial charge in [0.2, 0.25) is 5.13 Å². The van der Waals surface area contributed by atoms with Crippen molar-refractivity contribution in [1.29, 1.82) is 0 Å². The number of carbonyl (C=O) groups is 3. The highest BCUT2D eigenvalue weighted by atomic mass is 32.1. The second-order valence-corrected chi connectivity index (χ2v) is 6.39. The van der Waals surface area contributed by atoms with Gasteiger partial charge in [0, 0.05) is 18.0 Å². The van der Waals surface area contributed by atoms with Crippen molar-refractivity contribution >= 4 is 34.3 Å². The SMILES string of the molecule is CC(=O)Cc1nsc(NC(=O)[C@H]2Cc3ccc(C)cc3C(=O)O2)n1. The van der Waals surface area contributed by atoms with Crippen LogP contribution in [0.3, 0.4) is 0 Å². The van der Waals surface area contributed by atoms with E-state index in [2.05, 4.69) is 14.7 Å². The zero-order chi connectivity index (χ0) is 17.3. The van der Waals surface area contributed by atoms with Crippen molar-refractivity contribution in [2.24, 2.45) is 0 Å². The van der Waals surface area contributed by atoms with E-state index in [1.807, 2.05) is 19.1 Å². The zero-order valence-electron chi connectivity index (χ0n) is 13.2.